The van der Waals surface area contributed by atoms with Crippen LogP contribution in [0.3, 0.4) is 0 Å². The van der Waals surface area contributed by atoms with Gasteiger partial charge in [-0.2, -0.15) is 5.10 Å². The molecule has 0 saturated carbocycles. The van der Waals surface area contributed by atoms with Crippen molar-refractivity contribution in [3.05, 3.63) is 66.0 Å². The summed E-state index contributed by atoms with van der Waals surface area (Å²) in [6.45, 7) is 7.56. The number of nitrogens with one attached hydrogen (secondary N) is 1. The molecule has 1 amide bonds. The molecule has 0 bridgehead atoms. The van der Waals surface area contributed by atoms with Gasteiger partial charge in [-0.05, 0) is 42.8 Å². The Labute approximate surface area is 185 Å². The normalized spacial score (nSPS) is 11.5. The van der Waals surface area contributed by atoms with E-state index in [9.17, 15) is 9.59 Å². The number of amides is 1. The summed E-state index contributed by atoms with van der Waals surface area (Å²) in [6.07, 6.45) is 3.12. The monoisotopic (exact) mass is 429 g/mol. The summed E-state index contributed by atoms with van der Waals surface area (Å²) in [4.78, 5) is 32.3. The molecule has 4 rings (SSSR count). The summed E-state index contributed by atoms with van der Waals surface area (Å²) >= 11 is 0. The number of hydrogen-bond donors (Lipinski definition) is 2. The Bertz CT molecular complexity index is 1330. The highest BCUT2D eigenvalue weighted by Crippen LogP contribution is 2.27. The lowest BCUT2D eigenvalue weighted by Gasteiger charge is -2.19. The van der Waals surface area contributed by atoms with Gasteiger partial charge in [0.2, 0.25) is 5.91 Å². The molecular formula is C24H23N5O3. The van der Waals surface area contributed by atoms with Crippen molar-refractivity contribution in [1.82, 2.24) is 19.6 Å². The maximum atomic E-state index is 12.4. The predicted octanol–water partition coefficient (Wildman–Crippen LogP) is 4.45. The van der Waals surface area contributed by atoms with Crippen LogP contribution in [0.25, 0.3) is 28.3 Å². The lowest BCUT2D eigenvalue weighted by Crippen LogP contribution is -2.27. The maximum Gasteiger partial charge on any atom is 0.337 e. The van der Waals surface area contributed by atoms with Crippen molar-refractivity contribution in [3.8, 4) is 22.6 Å². The fourth-order valence-corrected chi connectivity index (χ4v) is 3.06. The Morgan fingerprint density at radius 1 is 1.00 bits per heavy atom. The second-order valence-electron chi connectivity index (χ2n) is 8.62. The van der Waals surface area contributed by atoms with E-state index in [1.165, 1.54) is 12.3 Å². The van der Waals surface area contributed by atoms with Crippen molar-refractivity contribution in [1.29, 1.82) is 0 Å². The average molecular weight is 429 g/mol. The Balaban J connectivity index is 1.66. The van der Waals surface area contributed by atoms with Crippen LogP contribution in [-0.4, -0.2) is 36.6 Å². The van der Waals surface area contributed by atoms with E-state index in [0.717, 1.165) is 22.5 Å². The molecule has 3 aromatic heterocycles. The van der Waals surface area contributed by atoms with E-state index < -0.39 is 11.4 Å². The number of aromatic nitrogens is 4. The molecule has 0 spiro atoms. The van der Waals surface area contributed by atoms with Crippen LogP contribution in [0.5, 0.6) is 0 Å². The topological polar surface area (TPSA) is 109 Å². The summed E-state index contributed by atoms with van der Waals surface area (Å²) in [5, 5.41) is 16.6. The van der Waals surface area contributed by atoms with E-state index in [0.29, 0.717) is 17.0 Å². The molecule has 2 N–H and O–H groups in total. The molecule has 0 fully saturated rings. The lowest BCUT2D eigenvalue weighted by molar-refractivity contribution is -0.123. The van der Waals surface area contributed by atoms with E-state index in [4.69, 9.17) is 5.11 Å². The highest BCUT2D eigenvalue weighted by atomic mass is 16.4. The van der Waals surface area contributed by atoms with Crippen LogP contribution < -0.4 is 5.32 Å². The molecule has 0 aliphatic rings. The van der Waals surface area contributed by atoms with Gasteiger partial charge >= 0.3 is 5.97 Å². The van der Waals surface area contributed by atoms with E-state index in [2.05, 4.69) is 20.4 Å². The van der Waals surface area contributed by atoms with Gasteiger partial charge in [0.1, 0.15) is 5.69 Å². The van der Waals surface area contributed by atoms with E-state index in [-0.39, 0.29) is 11.5 Å². The number of nitrogens with zero attached hydrogens (tertiary/aromatic N) is 4. The summed E-state index contributed by atoms with van der Waals surface area (Å²) in [5.74, 6) is -1.08. The molecule has 0 unspecified atom stereocenters. The number of carboxylic acids is 1. The fraction of sp³-hybridized carbons (Fsp3) is 0.208. The van der Waals surface area contributed by atoms with Crippen LogP contribution in [0.1, 0.15) is 36.7 Å². The molecule has 4 aromatic rings. The number of imidazole rings is 1. The first-order valence-corrected chi connectivity index (χ1v) is 10.1. The number of aromatic carboxylic acids is 1. The number of carbonyl (C=O) groups is 2. The second kappa shape index (κ2) is 7.88. The van der Waals surface area contributed by atoms with Gasteiger partial charge < -0.3 is 10.4 Å². The first kappa shape index (κ1) is 21.2. The number of carboxylic acid groups (broad SMARTS) is 1. The van der Waals surface area contributed by atoms with Crippen LogP contribution in [0, 0.1) is 12.3 Å². The predicted molar refractivity (Wildman–Crippen MR) is 121 cm³/mol. The Kier molecular flexibility index (Phi) is 5.22. The van der Waals surface area contributed by atoms with Gasteiger partial charge in [0.15, 0.2) is 5.65 Å². The highest BCUT2D eigenvalue weighted by Gasteiger charge is 2.22. The summed E-state index contributed by atoms with van der Waals surface area (Å²) in [6, 6.07) is 12.6. The van der Waals surface area contributed by atoms with Gasteiger partial charge in [0.25, 0.3) is 0 Å². The molecule has 0 aliphatic carbocycles. The van der Waals surface area contributed by atoms with Crippen LogP contribution in [-0.2, 0) is 4.79 Å². The third-order valence-electron chi connectivity index (χ3n) is 5.06. The number of hydrogen-bond acceptors (Lipinski definition) is 5. The largest absolute Gasteiger partial charge is 0.478 e. The van der Waals surface area contributed by atoms with Crippen molar-refractivity contribution in [2.24, 2.45) is 5.41 Å². The zero-order valence-electron chi connectivity index (χ0n) is 18.2. The van der Waals surface area contributed by atoms with Crippen molar-refractivity contribution in [3.63, 3.8) is 0 Å². The molecule has 162 valence electrons. The summed E-state index contributed by atoms with van der Waals surface area (Å²) in [5.41, 5.74) is 4.73. The Morgan fingerprint density at radius 3 is 2.41 bits per heavy atom. The van der Waals surface area contributed by atoms with Gasteiger partial charge in [0.05, 0.1) is 23.1 Å². The zero-order valence-corrected chi connectivity index (χ0v) is 18.2. The summed E-state index contributed by atoms with van der Waals surface area (Å²) < 4.78 is 1.66. The third kappa shape index (κ3) is 4.20. The van der Waals surface area contributed by atoms with Crippen molar-refractivity contribution < 1.29 is 14.7 Å². The Hall–Kier alpha value is -4.07. The minimum absolute atomic E-state index is 0.0551. The first-order chi connectivity index (χ1) is 15.1. The van der Waals surface area contributed by atoms with Crippen LogP contribution in [0.2, 0.25) is 0 Å². The fourth-order valence-electron chi connectivity index (χ4n) is 3.06. The summed E-state index contributed by atoms with van der Waals surface area (Å²) in [7, 11) is 0. The molecule has 0 saturated heterocycles. The number of pyridine rings is 1. The SMILES string of the molecule is Cc1ccc(-c2cn3nc(-c4ccc(C(=O)O)cn4)ccc3n2)cc1NC(=O)C(C)(C)C. The highest BCUT2D eigenvalue weighted by molar-refractivity contribution is 5.95. The minimum atomic E-state index is -1.03. The second-order valence-corrected chi connectivity index (χ2v) is 8.62. The van der Waals surface area contributed by atoms with Gasteiger partial charge in [0, 0.05) is 22.9 Å². The molecule has 8 nitrogen and oxygen atoms in total. The molecule has 0 atom stereocenters. The van der Waals surface area contributed by atoms with Crippen LogP contribution in [0.15, 0.2) is 54.9 Å². The molecule has 8 heteroatoms. The number of rotatable bonds is 4. The van der Waals surface area contributed by atoms with Crippen LogP contribution in [0.4, 0.5) is 5.69 Å². The molecular weight excluding hydrogens is 406 g/mol. The number of anilines is 1. The van der Waals surface area contributed by atoms with E-state index >= 15 is 0 Å². The minimum Gasteiger partial charge on any atom is -0.478 e. The quantitative estimate of drug-likeness (QED) is 0.496. The standard InChI is InChI=1S/C24H23N5O3/c1-14-5-6-15(11-19(14)27-23(32)24(2,3)4)20-13-29-21(26-20)10-9-18(28-29)17-8-7-16(12-25-17)22(30)31/h5-13H,1-4H3,(H,27,32)(H,30,31). The molecule has 1 aromatic carbocycles. The van der Waals surface area contributed by atoms with Crippen LogP contribution >= 0.6 is 0 Å². The number of carbonyl (C=O) groups excluding carboxylic acids is 1. The molecule has 32 heavy (non-hydrogen) atoms. The van der Waals surface area contributed by atoms with Gasteiger partial charge in [-0.15, -0.1) is 0 Å². The zero-order chi connectivity index (χ0) is 23.0. The molecule has 0 aliphatic heterocycles. The average Bonchev–Trinajstić information content (AvgIpc) is 3.18. The number of aryl methyl sites for hydroxylation is 1. The molecule has 3 heterocycles. The Morgan fingerprint density at radius 2 is 1.75 bits per heavy atom. The van der Waals surface area contributed by atoms with E-state index in [1.807, 2.05) is 58.2 Å². The van der Waals surface area contributed by atoms with E-state index in [1.54, 1.807) is 16.6 Å². The third-order valence-corrected chi connectivity index (χ3v) is 5.06. The van der Waals surface area contributed by atoms with Crippen molar-refractivity contribution in [2.45, 2.75) is 27.7 Å². The number of fused-ring (bicyclic) bond motifs is 1. The maximum absolute atomic E-state index is 12.4. The van der Waals surface area contributed by atoms with Crippen molar-refractivity contribution >= 4 is 23.2 Å². The van der Waals surface area contributed by atoms with Gasteiger partial charge in [-0.3, -0.25) is 9.78 Å². The van der Waals surface area contributed by atoms with Crippen molar-refractivity contribution in [2.75, 3.05) is 5.32 Å². The van der Waals surface area contributed by atoms with Gasteiger partial charge in [-0.1, -0.05) is 32.9 Å². The number of benzene rings is 1. The van der Waals surface area contributed by atoms with Gasteiger partial charge in [-0.25, -0.2) is 14.3 Å². The lowest BCUT2D eigenvalue weighted by atomic mass is 9.95. The molecule has 0 radical (unpaired) electrons. The smallest absolute Gasteiger partial charge is 0.337 e. The first-order valence-electron chi connectivity index (χ1n) is 10.1.